The molecule has 3 aromatic carbocycles. The second-order valence-corrected chi connectivity index (χ2v) is 12.4. The first kappa shape index (κ1) is 27.9. The molecule has 1 heterocycles. The SMILES string of the molecule is COc1ccc(C(=O)N[C@H](C)c2ccc(-c3cc(C(F)(F)F)ccc3CN)cc2)cc1P1(=O)CCOCC1. The highest BCUT2D eigenvalue weighted by Gasteiger charge is 2.32. The number of ether oxygens (including phenoxy) is 2. The molecule has 10 heteroatoms. The maximum Gasteiger partial charge on any atom is 0.416 e. The maximum absolute atomic E-state index is 13.5. The molecule has 0 radical (unpaired) electrons. The first-order valence-electron chi connectivity index (χ1n) is 12.2. The minimum Gasteiger partial charge on any atom is -0.496 e. The lowest BCUT2D eigenvalue weighted by molar-refractivity contribution is -0.137. The number of amides is 1. The molecule has 1 amide bonds. The molecular weight excluding hydrogens is 516 g/mol. The molecule has 1 aliphatic rings. The number of halogens is 3. The van der Waals surface area contributed by atoms with E-state index in [0.717, 1.165) is 17.7 Å². The lowest BCUT2D eigenvalue weighted by Crippen LogP contribution is -2.28. The van der Waals surface area contributed by atoms with E-state index in [1.165, 1.54) is 13.2 Å². The Morgan fingerprint density at radius 3 is 2.37 bits per heavy atom. The van der Waals surface area contributed by atoms with Crippen LogP contribution in [0.3, 0.4) is 0 Å². The van der Waals surface area contributed by atoms with Gasteiger partial charge in [-0.15, -0.1) is 0 Å². The topological polar surface area (TPSA) is 90.6 Å². The third kappa shape index (κ3) is 5.96. The van der Waals surface area contributed by atoms with Crippen molar-refractivity contribution in [3.8, 4) is 16.9 Å². The molecular formula is C28H30F3N2O4P. The minimum absolute atomic E-state index is 0.103. The van der Waals surface area contributed by atoms with Crippen molar-refractivity contribution in [1.82, 2.24) is 5.32 Å². The van der Waals surface area contributed by atoms with Gasteiger partial charge in [-0.25, -0.2) is 0 Å². The average Bonchev–Trinajstić information content (AvgIpc) is 2.92. The highest BCUT2D eigenvalue weighted by molar-refractivity contribution is 7.71. The predicted molar refractivity (Wildman–Crippen MR) is 141 cm³/mol. The summed E-state index contributed by atoms with van der Waals surface area (Å²) in [7, 11) is -1.24. The van der Waals surface area contributed by atoms with Crippen LogP contribution in [0.2, 0.25) is 0 Å². The zero-order valence-corrected chi connectivity index (χ0v) is 22.1. The van der Waals surface area contributed by atoms with Crippen LogP contribution in [0, 0.1) is 0 Å². The molecule has 3 N–H and O–H groups in total. The largest absolute Gasteiger partial charge is 0.496 e. The number of alkyl halides is 3. The normalized spacial score (nSPS) is 16.1. The van der Waals surface area contributed by atoms with E-state index in [2.05, 4.69) is 5.32 Å². The van der Waals surface area contributed by atoms with Gasteiger partial charge in [-0.3, -0.25) is 4.79 Å². The molecule has 0 spiro atoms. The molecule has 1 saturated heterocycles. The quantitative estimate of drug-likeness (QED) is 0.390. The molecule has 38 heavy (non-hydrogen) atoms. The van der Waals surface area contributed by atoms with Gasteiger partial charge in [-0.1, -0.05) is 30.3 Å². The van der Waals surface area contributed by atoms with Crippen LogP contribution in [0.1, 0.15) is 40.0 Å². The van der Waals surface area contributed by atoms with Crippen molar-refractivity contribution in [2.45, 2.75) is 25.7 Å². The van der Waals surface area contributed by atoms with Gasteiger partial charge in [0.05, 0.1) is 37.2 Å². The third-order valence-electron chi connectivity index (χ3n) is 6.80. The molecule has 1 fully saturated rings. The van der Waals surface area contributed by atoms with Crippen molar-refractivity contribution in [2.75, 3.05) is 32.6 Å². The molecule has 1 atom stereocenters. The van der Waals surface area contributed by atoms with Crippen LogP contribution < -0.4 is 21.1 Å². The zero-order valence-electron chi connectivity index (χ0n) is 21.2. The number of methoxy groups -OCH3 is 1. The first-order chi connectivity index (χ1) is 18.1. The Hall–Kier alpha value is -3.13. The standard InChI is InChI=1S/C28H30F3N2O4P/c1-18(19-3-5-20(6-4-19)24-16-23(28(29,30)31)9-7-22(24)17-32)33-27(34)21-8-10-25(36-2)26(15-21)38(35)13-11-37-12-14-38/h3-10,15-16,18H,11-14,17,32H2,1-2H3,(H,33,34)/t18-/m1/s1. The Bertz CT molecular complexity index is 1350. The molecule has 0 bridgehead atoms. The van der Waals surface area contributed by atoms with Crippen molar-refractivity contribution in [3.63, 3.8) is 0 Å². The van der Waals surface area contributed by atoms with Gasteiger partial charge in [-0.05, 0) is 59.5 Å². The van der Waals surface area contributed by atoms with E-state index < -0.39 is 24.9 Å². The molecule has 1 aliphatic heterocycles. The molecule has 3 aromatic rings. The second-order valence-electron chi connectivity index (χ2n) is 9.23. The van der Waals surface area contributed by atoms with Gasteiger partial charge in [-0.2, -0.15) is 13.2 Å². The fourth-order valence-electron chi connectivity index (χ4n) is 4.54. The van der Waals surface area contributed by atoms with Crippen LogP contribution in [0.25, 0.3) is 11.1 Å². The molecule has 4 rings (SSSR count). The zero-order chi connectivity index (χ0) is 27.5. The van der Waals surface area contributed by atoms with E-state index >= 15 is 0 Å². The Labute approximate surface area is 219 Å². The fourth-order valence-corrected chi connectivity index (χ4v) is 7.04. The summed E-state index contributed by atoms with van der Waals surface area (Å²) in [6, 6.07) is 15.0. The van der Waals surface area contributed by atoms with E-state index in [4.69, 9.17) is 15.2 Å². The Morgan fingerprint density at radius 1 is 1.08 bits per heavy atom. The highest BCUT2D eigenvalue weighted by Crippen LogP contribution is 2.48. The summed E-state index contributed by atoms with van der Waals surface area (Å²) in [5, 5.41) is 3.49. The number of nitrogens with two attached hydrogens (primary N) is 1. The van der Waals surface area contributed by atoms with Gasteiger partial charge in [0.15, 0.2) is 0 Å². The fraction of sp³-hybridized carbons (Fsp3) is 0.321. The van der Waals surface area contributed by atoms with Crippen molar-refractivity contribution in [2.24, 2.45) is 5.73 Å². The second kappa shape index (κ2) is 11.3. The lowest BCUT2D eigenvalue weighted by Gasteiger charge is -2.25. The van der Waals surface area contributed by atoms with E-state index in [9.17, 15) is 22.5 Å². The van der Waals surface area contributed by atoms with Gasteiger partial charge in [0.1, 0.15) is 12.9 Å². The highest BCUT2D eigenvalue weighted by atomic mass is 31.2. The number of hydrogen-bond donors (Lipinski definition) is 2. The van der Waals surface area contributed by atoms with E-state index in [0.29, 0.717) is 58.8 Å². The molecule has 0 aromatic heterocycles. The van der Waals surface area contributed by atoms with Gasteiger partial charge in [0.25, 0.3) is 5.91 Å². The monoisotopic (exact) mass is 546 g/mol. The molecule has 0 saturated carbocycles. The lowest BCUT2D eigenvalue weighted by atomic mass is 9.95. The Kier molecular flexibility index (Phi) is 8.31. The summed E-state index contributed by atoms with van der Waals surface area (Å²) >= 11 is 0. The summed E-state index contributed by atoms with van der Waals surface area (Å²) < 4.78 is 64.1. The minimum atomic E-state index is -4.46. The smallest absolute Gasteiger partial charge is 0.416 e. The van der Waals surface area contributed by atoms with Gasteiger partial charge >= 0.3 is 6.18 Å². The molecule has 6 nitrogen and oxygen atoms in total. The molecule has 202 valence electrons. The van der Waals surface area contributed by atoms with Crippen molar-refractivity contribution >= 4 is 18.4 Å². The van der Waals surface area contributed by atoms with Crippen molar-refractivity contribution in [3.05, 3.63) is 82.9 Å². The predicted octanol–water partition coefficient (Wildman–Crippen LogP) is 5.35. The van der Waals surface area contributed by atoms with Crippen LogP contribution in [0.4, 0.5) is 13.2 Å². The third-order valence-corrected chi connectivity index (χ3v) is 9.84. The maximum atomic E-state index is 13.5. The number of hydrogen-bond acceptors (Lipinski definition) is 5. The van der Waals surface area contributed by atoms with E-state index in [1.807, 2.05) is 6.92 Å². The number of carbonyl (C=O) groups is 1. The summed E-state index contributed by atoms with van der Waals surface area (Å²) in [4.78, 5) is 13.1. The number of benzene rings is 3. The Balaban J connectivity index is 1.54. The Morgan fingerprint density at radius 2 is 1.76 bits per heavy atom. The van der Waals surface area contributed by atoms with E-state index in [1.54, 1.807) is 42.5 Å². The van der Waals surface area contributed by atoms with Gasteiger partial charge in [0.2, 0.25) is 0 Å². The van der Waals surface area contributed by atoms with Gasteiger partial charge < -0.3 is 25.1 Å². The van der Waals surface area contributed by atoms with Crippen LogP contribution in [0.15, 0.2) is 60.7 Å². The molecule has 0 unspecified atom stereocenters. The van der Waals surface area contributed by atoms with E-state index in [-0.39, 0.29) is 12.5 Å². The summed E-state index contributed by atoms with van der Waals surface area (Å²) in [6.45, 7) is 2.72. The van der Waals surface area contributed by atoms with Crippen LogP contribution >= 0.6 is 7.14 Å². The van der Waals surface area contributed by atoms with Gasteiger partial charge in [0, 0.05) is 24.4 Å². The van der Waals surface area contributed by atoms with Crippen molar-refractivity contribution < 1.29 is 32.0 Å². The average molecular weight is 547 g/mol. The first-order valence-corrected chi connectivity index (χ1v) is 14.3. The molecule has 0 aliphatic carbocycles. The summed E-state index contributed by atoms with van der Waals surface area (Å²) in [5.74, 6) is 0.149. The van der Waals surface area contributed by atoms with Crippen LogP contribution in [0.5, 0.6) is 5.75 Å². The number of carbonyl (C=O) groups excluding carboxylic acids is 1. The number of rotatable bonds is 7. The number of nitrogens with one attached hydrogen (secondary N) is 1. The summed E-state index contributed by atoms with van der Waals surface area (Å²) in [6.07, 6.45) is -3.66. The van der Waals surface area contributed by atoms with Crippen LogP contribution in [-0.2, 0) is 22.0 Å². The van der Waals surface area contributed by atoms with Crippen LogP contribution in [-0.4, -0.2) is 38.6 Å². The van der Waals surface area contributed by atoms with Crippen molar-refractivity contribution in [1.29, 1.82) is 0 Å². The summed E-state index contributed by atoms with van der Waals surface area (Å²) in [5.41, 5.74) is 7.77.